The summed E-state index contributed by atoms with van der Waals surface area (Å²) >= 11 is 0. The normalized spacial score (nSPS) is 16.6. The quantitative estimate of drug-likeness (QED) is 0.837. The second-order valence-electron chi connectivity index (χ2n) is 5.07. The number of nitrogens with zero attached hydrogens (tertiary/aromatic N) is 3. The molecule has 6 nitrogen and oxygen atoms in total. The van der Waals surface area contributed by atoms with Gasteiger partial charge in [-0.2, -0.15) is 5.10 Å². The maximum Gasteiger partial charge on any atom is 0.254 e. The lowest BCUT2D eigenvalue weighted by atomic mass is 10.1. The summed E-state index contributed by atoms with van der Waals surface area (Å²) < 4.78 is 0. The molecule has 20 heavy (non-hydrogen) atoms. The second kappa shape index (κ2) is 4.96. The average Bonchev–Trinajstić information content (AvgIpc) is 2.85. The average molecular weight is 272 g/mol. The molecule has 2 amide bonds. The number of nitrogens with one attached hydrogen (secondary N) is 1. The van der Waals surface area contributed by atoms with Crippen molar-refractivity contribution in [3.8, 4) is 0 Å². The molecule has 0 saturated carbocycles. The van der Waals surface area contributed by atoms with Crippen LogP contribution in [-0.4, -0.2) is 58.5 Å². The fraction of sp³-hybridized carbons (Fsp3) is 0.357. The van der Waals surface area contributed by atoms with E-state index >= 15 is 0 Å². The van der Waals surface area contributed by atoms with E-state index in [1.807, 2.05) is 6.07 Å². The van der Waals surface area contributed by atoms with Crippen molar-refractivity contribution < 1.29 is 9.59 Å². The molecule has 0 bridgehead atoms. The number of aromatic amines is 1. The summed E-state index contributed by atoms with van der Waals surface area (Å²) in [4.78, 5) is 27.6. The Labute approximate surface area is 116 Å². The number of carbonyl (C=O) groups is 2. The van der Waals surface area contributed by atoms with Gasteiger partial charge in [0.05, 0.1) is 11.7 Å². The summed E-state index contributed by atoms with van der Waals surface area (Å²) in [5.74, 6) is -0.122. The number of H-pyrrole nitrogens is 1. The molecule has 1 N–H and O–H groups in total. The summed E-state index contributed by atoms with van der Waals surface area (Å²) in [6, 6.07) is 5.42. The van der Waals surface area contributed by atoms with Gasteiger partial charge in [0.2, 0.25) is 5.91 Å². The van der Waals surface area contributed by atoms with Gasteiger partial charge in [-0.05, 0) is 18.6 Å². The Kier molecular flexibility index (Phi) is 3.14. The number of amides is 2. The van der Waals surface area contributed by atoms with Crippen LogP contribution in [0.3, 0.4) is 0 Å². The van der Waals surface area contributed by atoms with Gasteiger partial charge in [0.1, 0.15) is 6.54 Å². The number of rotatable bonds is 1. The third-order valence-electron chi connectivity index (χ3n) is 3.65. The highest BCUT2D eigenvalue weighted by molar-refractivity contribution is 5.99. The summed E-state index contributed by atoms with van der Waals surface area (Å²) in [6.07, 6.45) is 2.52. The van der Waals surface area contributed by atoms with Crippen molar-refractivity contribution in [2.24, 2.45) is 0 Å². The molecule has 1 aliphatic rings. The molecule has 104 valence electrons. The Morgan fingerprint density at radius 1 is 1.35 bits per heavy atom. The van der Waals surface area contributed by atoms with Gasteiger partial charge in [-0.3, -0.25) is 14.7 Å². The van der Waals surface area contributed by atoms with Crippen molar-refractivity contribution >= 4 is 22.7 Å². The van der Waals surface area contributed by atoms with E-state index in [0.29, 0.717) is 18.7 Å². The van der Waals surface area contributed by atoms with Crippen LogP contribution in [0.2, 0.25) is 0 Å². The summed E-state index contributed by atoms with van der Waals surface area (Å²) in [6.45, 7) is 1.45. The molecule has 1 aliphatic heterocycles. The summed E-state index contributed by atoms with van der Waals surface area (Å²) in [5.41, 5.74) is 1.41. The maximum atomic E-state index is 12.5. The minimum atomic E-state index is -0.106. The number of hydrogen-bond donors (Lipinski definition) is 1. The van der Waals surface area contributed by atoms with E-state index in [4.69, 9.17) is 0 Å². The van der Waals surface area contributed by atoms with Gasteiger partial charge in [-0.15, -0.1) is 0 Å². The lowest BCUT2D eigenvalue weighted by Crippen LogP contribution is -2.38. The number of carbonyl (C=O) groups excluding carboxylic acids is 2. The fourth-order valence-electron chi connectivity index (χ4n) is 2.41. The highest BCUT2D eigenvalue weighted by Crippen LogP contribution is 2.15. The first-order valence-electron chi connectivity index (χ1n) is 6.61. The highest BCUT2D eigenvalue weighted by Gasteiger charge is 2.23. The van der Waals surface area contributed by atoms with Crippen LogP contribution >= 0.6 is 0 Å². The zero-order valence-corrected chi connectivity index (χ0v) is 11.3. The molecule has 3 rings (SSSR count). The van der Waals surface area contributed by atoms with Crippen LogP contribution in [0.4, 0.5) is 0 Å². The van der Waals surface area contributed by atoms with Crippen molar-refractivity contribution in [3.05, 3.63) is 30.0 Å². The first kappa shape index (κ1) is 12.7. The third-order valence-corrected chi connectivity index (χ3v) is 3.65. The molecule has 2 aromatic rings. The molecule has 0 unspecified atom stereocenters. The van der Waals surface area contributed by atoms with E-state index in [9.17, 15) is 9.59 Å². The van der Waals surface area contributed by atoms with E-state index in [1.54, 1.807) is 35.2 Å². The number of fused-ring (bicyclic) bond motifs is 1. The van der Waals surface area contributed by atoms with Crippen LogP contribution in [0.5, 0.6) is 0 Å². The molecular weight excluding hydrogens is 256 g/mol. The SMILES string of the molecule is CN1CCCN(C(=O)c2ccc3cn[nH]c3c2)CC1=O. The Balaban J connectivity index is 1.85. The number of aromatic nitrogens is 2. The Morgan fingerprint density at radius 3 is 3.05 bits per heavy atom. The van der Waals surface area contributed by atoms with E-state index in [0.717, 1.165) is 17.3 Å². The van der Waals surface area contributed by atoms with Crippen molar-refractivity contribution in [2.75, 3.05) is 26.7 Å². The monoisotopic (exact) mass is 272 g/mol. The zero-order valence-electron chi connectivity index (χ0n) is 11.3. The first-order chi connectivity index (χ1) is 9.65. The molecule has 0 aliphatic carbocycles. The van der Waals surface area contributed by atoms with Gasteiger partial charge in [-0.1, -0.05) is 6.07 Å². The van der Waals surface area contributed by atoms with E-state index in [1.165, 1.54) is 0 Å². The van der Waals surface area contributed by atoms with Crippen molar-refractivity contribution in [1.82, 2.24) is 20.0 Å². The predicted octanol–water partition coefficient (Wildman–Crippen LogP) is 0.867. The molecule has 2 heterocycles. The third kappa shape index (κ3) is 2.24. The summed E-state index contributed by atoms with van der Waals surface area (Å²) in [7, 11) is 1.77. The first-order valence-corrected chi connectivity index (χ1v) is 6.61. The largest absolute Gasteiger partial charge is 0.344 e. The standard InChI is InChI=1S/C14H16N4O2/c1-17-5-2-6-18(9-13(17)19)14(20)10-3-4-11-8-15-16-12(11)7-10/h3-4,7-8H,2,5-6,9H2,1H3,(H,15,16). The van der Waals surface area contributed by atoms with Crippen LogP contribution in [0, 0.1) is 0 Å². The lowest BCUT2D eigenvalue weighted by molar-refractivity contribution is -0.129. The van der Waals surface area contributed by atoms with Crippen LogP contribution in [-0.2, 0) is 4.79 Å². The van der Waals surface area contributed by atoms with E-state index in [-0.39, 0.29) is 18.4 Å². The van der Waals surface area contributed by atoms with Crippen LogP contribution in [0.1, 0.15) is 16.8 Å². The minimum Gasteiger partial charge on any atom is -0.344 e. The maximum absolute atomic E-state index is 12.5. The van der Waals surface area contributed by atoms with Gasteiger partial charge < -0.3 is 9.80 Å². The molecule has 1 aromatic carbocycles. The van der Waals surface area contributed by atoms with Gasteiger partial charge >= 0.3 is 0 Å². The Morgan fingerprint density at radius 2 is 2.20 bits per heavy atom. The number of likely N-dealkylation sites (N-methyl/N-ethyl adjacent to an activating group) is 1. The fourth-order valence-corrected chi connectivity index (χ4v) is 2.41. The van der Waals surface area contributed by atoms with E-state index < -0.39 is 0 Å². The zero-order chi connectivity index (χ0) is 14.1. The molecule has 1 aromatic heterocycles. The molecule has 1 fully saturated rings. The molecular formula is C14H16N4O2. The smallest absolute Gasteiger partial charge is 0.254 e. The number of hydrogen-bond acceptors (Lipinski definition) is 3. The van der Waals surface area contributed by atoms with Gasteiger partial charge in [0.25, 0.3) is 5.91 Å². The topological polar surface area (TPSA) is 69.3 Å². The minimum absolute atomic E-state index is 0.0153. The Bertz CT molecular complexity index is 664. The van der Waals surface area contributed by atoms with Gasteiger partial charge in [0.15, 0.2) is 0 Å². The Hall–Kier alpha value is -2.37. The van der Waals surface area contributed by atoms with Gasteiger partial charge in [0, 0.05) is 31.1 Å². The highest BCUT2D eigenvalue weighted by atomic mass is 16.2. The number of benzene rings is 1. The molecule has 6 heteroatoms. The van der Waals surface area contributed by atoms with Crippen molar-refractivity contribution in [1.29, 1.82) is 0 Å². The van der Waals surface area contributed by atoms with Gasteiger partial charge in [-0.25, -0.2) is 0 Å². The second-order valence-corrected chi connectivity index (χ2v) is 5.07. The van der Waals surface area contributed by atoms with Crippen molar-refractivity contribution in [2.45, 2.75) is 6.42 Å². The molecule has 0 atom stereocenters. The van der Waals surface area contributed by atoms with E-state index in [2.05, 4.69) is 10.2 Å². The molecule has 0 spiro atoms. The van der Waals surface area contributed by atoms with Crippen LogP contribution < -0.4 is 0 Å². The molecule has 1 saturated heterocycles. The molecule has 0 radical (unpaired) electrons. The van der Waals surface area contributed by atoms with Crippen molar-refractivity contribution in [3.63, 3.8) is 0 Å². The van der Waals surface area contributed by atoms with Crippen LogP contribution in [0.15, 0.2) is 24.4 Å². The predicted molar refractivity (Wildman–Crippen MR) is 74.3 cm³/mol. The summed E-state index contributed by atoms with van der Waals surface area (Å²) in [5, 5.41) is 7.76. The van der Waals surface area contributed by atoms with Crippen LogP contribution in [0.25, 0.3) is 10.9 Å². The lowest BCUT2D eigenvalue weighted by Gasteiger charge is -2.19.